The number of hydrogen-bond acceptors (Lipinski definition) is 3. The van der Waals surface area contributed by atoms with Crippen molar-refractivity contribution >= 4 is 6.21 Å². The van der Waals surface area contributed by atoms with Gasteiger partial charge >= 0.3 is 0 Å². The molecule has 1 heterocycles. The molecule has 114 valence electrons. The second kappa shape index (κ2) is 4.95. The zero-order valence-electron chi connectivity index (χ0n) is 13.6. The van der Waals surface area contributed by atoms with Crippen molar-refractivity contribution in [2.75, 3.05) is 0 Å². The number of aromatic nitrogens is 1. The van der Waals surface area contributed by atoms with Crippen molar-refractivity contribution < 1.29 is 0 Å². The monoisotopic (exact) mass is 295 g/mol. The van der Waals surface area contributed by atoms with Crippen LogP contribution in [0.1, 0.15) is 43.5 Å². The topological polar surface area (TPSA) is 58.1 Å². The summed E-state index contributed by atoms with van der Waals surface area (Å²) in [5, 5.41) is 13.5. The van der Waals surface area contributed by atoms with Crippen LogP contribution in [0.2, 0.25) is 0 Å². The van der Waals surface area contributed by atoms with Crippen LogP contribution in [0, 0.1) is 42.4 Å². The van der Waals surface area contributed by atoms with E-state index in [0.29, 0.717) is 16.9 Å². The minimum atomic E-state index is -0.335. The number of rotatable bonds is 2. The number of nitrogens with zero attached hydrogens (tertiary/aromatic N) is 3. The van der Waals surface area contributed by atoms with Crippen LogP contribution in [-0.4, -0.2) is 10.9 Å². The van der Waals surface area contributed by atoms with E-state index in [1.807, 2.05) is 25.3 Å². The average Bonchev–Trinajstić information content (AvgIpc) is 2.47. The molecule has 0 saturated heterocycles. The van der Waals surface area contributed by atoms with Crippen molar-refractivity contribution in [3.63, 3.8) is 0 Å². The van der Waals surface area contributed by atoms with Crippen LogP contribution in [0.4, 0.5) is 0 Å². The predicted molar refractivity (Wildman–Crippen MR) is 86.9 cm³/mol. The van der Waals surface area contributed by atoms with E-state index >= 15 is 0 Å². The third kappa shape index (κ3) is 2.04. The highest BCUT2D eigenvalue weighted by Gasteiger charge is 2.50. The minimum absolute atomic E-state index is 0.171. The normalized spacial score (nSPS) is 25.5. The molecule has 3 aliphatic carbocycles. The second-order valence-corrected chi connectivity index (χ2v) is 7.06. The summed E-state index contributed by atoms with van der Waals surface area (Å²) < 4.78 is 1.34. The molecule has 1 aromatic heterocycles. The molecule has 0 aromatic carbocycles. The van der Waals surface area contributed by atoms with Crippen molar-refractivity contribution in [2.45, 2.75) is 40.5 Å². The third-order valence-corrected chi connectivity index (χ3v) is 5.51. The molecule has 0 amide bonds. The summed E-state index contributed by atoms with van der Waals surface area (Å²) in [5.74, 6) is 1.32. The maximum absolute atomic E-state index is 12.3. The Morgan fingerprint density at radius 2 is 2.18 bits per heavy atom. The summed E-state index contributed by atoms with van der Waals surface area (Å²) >= 11 is 0. The standard InChI is InChI=1S/C18H21N3O/c1-11-7-12(2)21(17(22)15(11)9-19)20-10-13-5-6-14-8-16(13)18(14,3)4/h5,7,10,14,16H,6,8H2,1-4H3. The molecule has 0 aliphatic heterocycles. The molecule has 4 heteroatoms. The van der Waals surface area contributed by atoms with Gasteiger partial charge in [-0.05, 0) is 61.1 Å². The number of fused-ring (bicyclic) bond motifs is 1. The van der Waals surface area contributed by atoms with E-state index in [2.05, 4.69) is 25.0 Å². The van der Waals surface area contributed by atoms with Crippen LogP contribution in [0.25, 0.3) is 0 Å². The highest BCUT2D eigenvalue weighted by molar-refractivity contribution is 5.80. The van der Waals surface area contributed by atoms with Gasteiger partial charge < -0.3 is 0 Å². The van der Waals surface area contributed by atoms with E-state index in [-0.39, 0.29) is 11.1 Å². The fourth-order valence-electron chi connectivity index (χ4n) is 3.83. The maximum atomic E-state index is 12.3. The molecule has 2 unspecified atom stereocenters. The Bertz CT molecular complexity index is 790. The van der Waals surface area contributed by atoms with Gasteiger partial charge in [-0.25, -0.2) is 4.68 Å². The maximum Gasteiger partial charge on any atom is 0.289 e. The molecule has 1 fully saturated rings. The fraction of sp³-hybridized carbons (Fsp3) is 0.500. The van der Waals surface area contributed by atoms with Crippen LogP contribution < -0.4 is 5.56 Å². The van der Waals surface area contributed by atoms with E-state index in [0.717, 1.165) is 18.0 Å². The van der Waals surface area contributed by atoms with Gasteiger partial charge in [0.1, 0.15) is 11.6 Å². The van der Waals surface area contributed by atoms with Gasteiger partial charge in [-0.2, -0.15) is 10.4 Å². The fourth-order valence-corrected chi connectivity index (χ4v) is 3.83. The lowest BCUT2D eigenvalue weighted by molar-refractivity contribution is -0.00127. The van der Waals surface area contributed by atoms with Crippen molar-refractivity contribution in [2.24, 2.45) is 22.4 Å². The number of allylic oxidation sites excluding steroid dienone is 2. The minimum Gasteiger partial charge on any atom is -0.266 e. The van der Waals surface area contributed by atoms with E-state index in [1.165, 1.54) is 16.7 Å². The van der Waals surface area contributed by atoms with Crippen LogP contribution in [0.15, 0.2) is 27.6 Å². The summed E-state index contributed by atoms with van der Waals surface area (Å²) in [6.07, 6.45) is 6.37. The molecule has 2 atom stereocenters. The van der Waals surface area contributed by atoms with Gasteiger partial charge in [-0.3, -0.25) is 4.79 Å². The average molecular weight is 295 g/mol. The van der Waals surface area contributed by atoms with Gasteiger partial charge in [0.15, 0.2) is 0 Å². The quantitative estimate of drug-likeness (QED) is 0.787. The Hall–Kier alpha value is -2.15. The van der Waals surface area contributed by atoms with Gasteiger partial charge in [0.2, 0.25) is 0 Å². The molecule has 0 spiro atoms. The first-order valence-corrected chi connectivity index (χ1v) is 7.74. The van der Waals surface area contributed by atoms with Gasteiger partial charge in [-0.15, -0.1) is 0 Å². The zero-order chi connectivity index (χ0) is 16.1. The van der Waals surface area contributed by atoms with Crippen molar-refractivity contribution in [3.05, 3.63) is 44.9 Å². The molecule has 4 nitrogen and oxygen atoms in total. The van der Waals surface area contributed by atoms with Gasteiger partial charge in [0.25, 0.3) is 5.56 Å². The summed E-state index contributed by atoms with van der Waals surface area (Å²) in [6, 6.07) is 3.81. The van der Waals surface area contributed by atoms with Crippen LogP contribution in [-0.2, 0) is 0 Å². The molecule has 2 bridgehead atoms. The lowest BCUT2D eigenvalue weighted by Crippen LogP contribution is -2.48. The molecule has 1 saturated carbocycles. The van der Waals surface area contributed by atoms with Gasteiger partial charge in [0.05, 0.1) is 6.21 Å². The Kier molecular flexibility index (Phi) is 3.32. The smallest absolute Gasteiger partial charge is 0.266 e. The Morgan fingerprint density at radius 3 is 2.77 bits per heavy atom. The van der Waals surface area contributed by atoms with Crippen LogP contribution in [0.3, 0.4) is 0 Å². The first kappa shape index (κ1) is 14.8. The second-order valence-electron chi connectivity index (χ2n) is 7.06. The summed E-state index contributed by atoms with van der Waals surface area (Å²) in [6.45, 7) is 8.24. The summed E-state index contributed by atoms with van der Waals surface area (Å²) in [7, 11) is 0. The van der Waals surface area contributed by atoms with Crippen molar-refractivity contribution in [3.8, 4) is 6.07 Å². The van der Waals surface area contributed by atoms with E-state index in [9.17, 15) is 4.79 Å². The summed E-state index contributed by atoms with van der Waals surface area (Å²) in [4.78, 5) is 12.3. The summed E-state index contributed by atoms with van der Waals surface area (Å²) in [5.41, 5.74) is 2.85. The number of nitriles is 1. The van der Waals surface area contributed by atoms with Gasteiger partial charge in [-0.1, -0.05) is 19.9 Å². The van der Waals surface area contributed by atoms with Crippen molar-refractivity contribution in [1.82, 2.24) is 4.68 Å². The van der Waals surface area contributed by atoms with E-state index in [4.69, 9.17) is 5.26 Å². The number of pyridine rings is 1. The molecular formula is C18H21N3O. The van der Waals surface area contributed by atoms with Crippen LogP contribution >= 0.6 is 0 Å². The SMILES string of the molecule is Cc1cc(C)n(N=CC2=CCC3CC2C3(C)C)c(=O)c1C#N. The van der Waals surface area contributed by atoms with E-state index in [1.54, 1.807) is 6.92 Å². The van der Waals surface area contributed by atoms with E-state index < -0.39 is 0 Å². The molecule has 3 aliphatic rings. The largest absolute Gasteiger partial charge is 0.289 e. The first-order valence-electron chi connectivity index (χ1n) is 7.74. The van der Waals surface area contributed by atoms with Crippen molar-refractivity contribution in [1.29, 1.82) is 5.26 Å². The third-order valence-electron chi connectivity index (χ3n) is 5.51. The molecule has 0 radical (unpaired) electrons. The van der Waals surface area contributed by atoms with Crippen LogP contribution in [0.5, 0.6) is 0 Å². The molecule has 1 aromatic rings. The number of hydrogen-bond donors (Lipinski definition) is 0. The Morgan fingerprint density at radius 1 is 1.45 bits per heavy atom. The zero-order valence-corrected chi connectivity index (χ0v) is 13.6. The molecule has 4 rings (SSSR count). The van der Waals surface area contributed by atoms with Gasteiger partial charge in [0, 0.05) is 5.69 Å². The Balaban J connectivity index is 1.97. The highest BCUT2D eigenvalue weighted by atomic mass is 16.1. The molecular weight excluding hydrogens is 274 g/mol. The lowest BCUT2D eigenvalue weighted by Gasteiger charge is -2.55. The number of aryl methyl sites for hydroxylation is 2. The highest BCUT2D eigenvalue weighted by Crippen LogP contribution is 2.58. The Labute approximate surface area is 130 Å². The first-order chi connectivity index (χ1) is 10.4. The molecule has 0 N–H and O–H groups in total. The lowest BCUT2D eigenvalue weighted by atomic mass is 9.49. The predicted octanol–water partition coefficient (Wildman–Crippen LogP) is 3.16. The molecule has 22 heavy (non-hydrogen) atoms.